The van der Waals surface area contributed by atoms with Crippen LogP contribution >= 0.6 is 0 Å². The molecule has 1 saturated heterocycles. The molecule has 10 heavy (non-hydrogen) atoms. The van der Waals surface area contributed by atoms with Crippen LogP contribution in [0, 0.1) is 12.5 Å². The average molecular weight is 138 g/mol. The van der Waals surface area contributed by atoms with Crippen molar-refractivity contribution in [3.05, 3.63) is 6.54 Å². The van der Waals surface area contributed by atoms with Gasteiger partial charge in [0.25, 0.3) is 0 Å². The lowest BCUT2D eigenvalue weighted by Crippen LogP contribution is -2.27. The summed E-state index contributed by atoms with van der Waals surface area (Å²) < 4.78 is 0. The summed E-state index contributed by atoms with van der Waals surface area (Å²) in [6, 6.07) is 0.850. The van der Waals surface area contributed by atoms with Gasteiger partial charge in [0, 0.05) is 12.6 Å². The highest BCUT2D eigenvalue weighted by Gasteiger charge is 2.27. The molecule has 1 aliphatic heterocycles. The number of fused-ring (bicyclic) bond motifs is 1. The predicted octanol–water partition coefficient (Wildman–Crippen LogP) is 2.09. The van der Waals surface area contributed by atoms with Gasteiger partial charge in [0.05, 0.1) is 0 Å². The first-order valence-corrected chi connectivity index (χ1v) is 4.54. The highest BCUT2D eigenvalue weighted by molar-refractivity contribution is 4.88. The fourth-order valence-electron chi connectivity index (χ4n) is 2.32. The van der Waals surface area contributed by atoms with Crippen molar-refractivity contribution in [3.63, 3.8) is 0 Å². The SMILES string of the molecule is [CH]1CCCC2CCCC2N1. The zero-order chi connectivity index (χ0) is 6.81. The fraction of sp³-hybridized carbons (Fsp3) is 0.889. The van der Waals surface area contributed by atoms with E-state index in [9.17, 15) is 0 Å². The normalized spacial score (nSPS) is 40.8. The molecule has 57 valence electrons. The molecule has 1 saturated carbocycles. The van der Waals surface area contributed by atoms with Crippen molar-refractivity contribution in [2.75, 3.05) is 0 Å². The van der Waals surface area contributed by atoms with Gasteiger partial charge in [-0.3, -0.25) is 0 Å². The van der Waals surface area contributed by atoms with Crippen LogP contribution in [0.5, 0.6) is 0 Å². The van der Waals surface area contributed by atoms with E-state index in [1.165, 1.54) is 38.5 Å². The van der Waals surface area contributed by atoms with Crippen LogP contribution in [0.2, 0.25) is 0 Å². The molecule has 2 unspecified atom stereocenters. The molecule has 0 bridgehead atoms. The summed E-state index contributed by atoms with van der Waals surface area (Å²) in [4.78, 5) is 0. The Morgan fingerprint density at radius 1 is 1.10 bits per heavy atom. The molecule has 0 amide bonds. The van der Waals surface area contributed by atoms with Crippen molar-refractivity contribution in [2.24, 2.45) is 5.92 Å². The van der Waals surface area contributed by atoms with Gasteiger partial charge in [0.1, 0.15) is 0 Å². The van der Waals surface area contributed by atoms with Gasteiger partial charge in [0.15, 0.2) is 0 Å². The van der Waals surface area contributed by atoms with Crippen LogP contribution in [-0.4, -0.2) is 6.04 Å². The van der Waals surface area contributed by atoms with E-state index in [4.69, 9.17) is 0 Å². The fourth-order valence-corrected chi connectivity index (χ4v) is 2.32. The summed E-state index contributed by atoms with van der Waals surface area (Å²) in [5.41, 5.74) is 0. The van der Waals surface area contributed by atoms with Crippen LogP contribution in [-0.2, 0) is 0 Å². The Labute approximate surface area is 63.2 Å². The van der Waals surface area contributed by atoms with E-state index >= 15 is 0 Å². The molecule has 2 atom stereocenters. The van der Waals surface area contributed by atoms with Crippen molar-refractivity contribution < 1.29 is 0 Å². The minimum absolute atomic E-state index is 0.850. The molecule has 2 rings (SSSR count). The van der Waals surface area contributed by atoms with Crippen LogP contribution in [0.15, 0.2) is 0 Å². The Hall–Kier alpha value is -0.0400. The smallest absolute Gasteiger partial charge is 0.0224 e. The van der Waals surface area contributed by atoms with Crippen LogP contribution in [0.4, 0.5) is 0 Å². The highest BCUT2D eigenvalue weighted by Crippen LogP contribution is 2.31. The van der Waals surface area contributed by atoms with Gasteiger partial charge in [-0.2, -0.15) is 0 Å². The molecule has 2 fully saturated rings. The summed E-state index contributed by atoms with van der Waals surface area (Å²) in [5, 5.41) is 3.52. The molecule has 0 spiro atoms. The average Bonchev–Trinajstić information content (AvgIpc) is 2.28. The standard InChI is InChI=1S/C9H16N/c1-2-7-10-9-6-3-5-8(9)4-1/h7-10H,1-6H2. The largest absolute Gasteiger partial charge is 0.309 e. The van der Waals surface area contributed by atoms with Gasteiger partial charge >= 0.3 is 0 Å². The lowest BCUT2D eigenvalue weighted by Gasteiger charge is -2.15. The van der Waals surface area contributed by atoms with Gasteiger partial charge in [-0.15, -0.1) is 0 Å². The third-order valence-corrected chi connectivity index (χ3v) is 2.91. The van der Waals surface area contributed by atoms with Crippen LogP contribution < -0.4 is 5.32 Å². The van der Waals surface area contributed by atoms with Gasteiger partial charge in [-0.05, 0) is 31.6 Å². The predicted molar refractivity (Wildman–Crippen MR) is 42.4 cm³/mol. The molecular weight excluding hydrogens is 122 g/mol. The molecule has 0 aromatic heterocycles. The van der Waals surface area contributed by atoms with Crippen molar-refractivity contribution in [1.82, 2.24) is 5.32 Å². The van der Waals surface area contributed by atoms with Crippen LogP contribution in [0.1, 0.15) is 38.5 Å². The summed E-state index contributed by atoms with van der Waals surface area (Å²) in [7, 11) is 0. The molecule has 2 aliphatic rings. The van der Waals surface area contributed by atoms with E-state index in [1.807, 2.05) is 0 Å². The first kappa shape index (κ1) is 6.66. The van der Waals surface area contributed by atoms with Crippen LogP contribution in [0.25, 0.3) is 0 Å². The number of nitrogens with one attached hydrogen (secondary N) is 1. The second-order valence-corrected chi connectivity index (χ2v) is 3.60. The quantitative estimate of drug-likeness (QED) is 0.540. The van der Waals surface area contributed by atoms with Crippen molar-refractivity contribution >= 4 is 0 Å². The monoisotopic (exact) mass is 138 g/mol. The number of hydrogen-bond acceptors (Lipinski definition) is 1. The summed E-state index contributed by atoms with van der Waals surface area (Å²) in [6.07, 6.45) is 8.51. The summed E-state index contributed by atoms with van der Waals surface area (Å²) >= 11 is 0. The number of rotatable bonds is 0. The Morgan fingerprint density at radius 3 is 3.00 bits per heavy atom. The molecule has 1 N–H and O–H groups in total. The minimum Gasteiger partial charge on any atom is -0.309 e. The summed E-state index contributed by atoms with van der Waals surface area (Å²) in [5.74, 6) is 1.01. The third kappa shape index (κ3) is 1.20. The molecule has 1 radical (unpaired) electrons. The van der Waals surface area contributed by atoms with Gasteiger partial charge < -0.3 is 5.32 Å². The molecule has 1 nitrogen and oxygen atoms in total. The van der Waals surface area contributed by atoms with E-state index < -0.39 is 0 Å². The van der Waals surface area contributed by atoms with E-state index in [0.29, 0.717) is 0 Å². The third-order valence-electron chi connectivity index (χ3n) is 2.91. The minimum atomic E-state index is 0.850. The zero-order valence-corrected chi connectivity index (χ0v) is 6.47. The Balaban J connectivity index is 1.95. The maximum Gasteiger partial charge on any atom is 0.0224 e. The molecule has 0 aromatic rings. The highest BCUT2D eigenvalue weighted by atomic mass is 14.9. The Bertz CT molecular complexity index is 99.3. The van der Waals surface area contributed by atoms with Gasteiger partial charge in [-0.1, -0.05) is 12.8 Å². The van der Waals surface area contributed by atoms with Crippen LogP contribution in [0.3, 0.4) is 0 Å². The van der Waals surface area contributed by atoms with Gasteiger partial charge in [0.2, 0.25) is 0 Å². The first-order chi connectivity index (χ1) is 4.97. The Morgan fingerprint density at radius 2 is 2.00 bits per heavy atom. The maximum atomic E-state index is 3.52. The summed E-state index contributed by atoms with van der Waals surface area (Å²) in [6.45, 7) is 2.27. The number of hydrogen-bond donors (Lipinski definition) is 1. The lowest BCUT2D eigenvalue weighted by molar-refractivity contribution is 0.422. The first-order valence-electron chi connectivity index (χ1n) is 4.54. The maximum absolute atomic E-state index is 3.52. The lowest BCUT2D eigenvalue weighted by atomic mass is 9.99. The second-order valence-electron chi connectivity index (χ2n) is 3.60. The molecule has 1 heteroatoms. The molecule has 1 aliphatic carbocycles. The van der Waals surface area contributed by atoms with Crippen molar-refractivity contribution in [2.45, 2.75) is 44.6 Å². The zero-order valence-electron chi connectivity index (χ0n) is 6.47. The van der Waals surface area contributed by atoms with Gasteiger partial charge in [-0.25, -0.2) is 0 Å². The van der Waals surface area contributed by atoms with E-state index in [0.717, 1.165) is 12.0 Å². The van der Waals surface area contributed by atoms with E-state index in [1.54, 1.807) is 0 Å². The molecule has 1 heterocycles. The molecule has 0 aromatic carbocycles. The molecular formula is C9H16N. The topological polar surface area (TPSA) is 12.0 Å². The van der Waals surface area contributed by atoms with Crippen molar-refractivity contribution in [3.8, 4) is 0 Å². The Kier molecular flexibility index (Phi) is 1.94. The van der Waals surface area contributed by atoms with Crippen molar-refractivity contribution in [1.29, 1.82) is 0 Å². The second kappa shape index (κ2) is 2.91. The van der Waals surface area contributed by atoms with E-state index in [-0.39, 0.29) is 0 Å². The van der Waals surface area contributed by atoms with E-state index in [2.05, 4.69) is 11.9 Å².